The third-order valence-corrected chi connectivity index (χ3v) is 5.73. The first-order chi connectivity index (χ1) is 12.8. The van der Waals surface area contributed by atoms with Crippen molar-refractivity contribution in [2.24, 2.45) is 7.05 Å². The number of amides is 1. The predicted molar refractivity (Wildman–Crippen MR) is 105 cm³/mol. The number of aryl methyl sites for hydroxylation is 2. The minimum absolute atomic E-state index is 0.168. The van der Waals surface area contributed by atoms with E-state index >= 15 is 0 Å². The number of nitrogens with zero attached hydrogens (tertiary/aromatic N) is 3. The lowest BCUT2D eigenvalue weighted by molar-refractivity contribution is 0.0945. The van der Waals surface area contributed by atoms with Gasteiger partial charge in [0.1, 0.15) is 10.6 Å². The van der Waals surface area contributed by atoms with E-state index < -0.39 is 0 Å². The van der Waals surface area contributed by atoms with Gasteiger partial charge < -0.3 is 14.8 Å². The zero-order chi connectivity index (χ0) is 19.7. The Morgan fingerprint density at radius 2 is 2.15 bits per heavy atom. The van der Waals surface area contributed by atoms with Crippen LogP contribution in [-0.2, 0) is 7.05 Å². The smallest absolute Gasteiger partial charge is 0.262 e. The molecule has 0 saturated carbocycles. The Hall–Kier alpha value is -2.58. The summed E-state index contributed by atoms with van der Waals surface area (Å²) in [4.78, 5) is 32.2. The third kappa shape index (κ3) is 3.77. The van der Waals surface area contributed by atoms with Crippen LogP contribution in [0.5, 0.6) is 0 Å². The maximum atomic E-state index is 13.6. The van der Waals surface area contributed by atoms with Gasteiger partial charge in [-0.25, -0.2) is 9.37 Å². The number of fused-ring (bicyclic) bond motifs is 1. The molecule has 0 radical (unpaired) electrons. The fourth-order valence-electron chi connectivity index (χ4n) is 3.01. The molecule has 6 nitrogen and oxygen atoms in total. The molecule has 1 N–H and O–H groups in total. The number of benzene rings is 1. The minimum Gasteiger partial charge on any atom is -0.349 e. The van der Waals surface area contributed by atoms with Crippen LogP contribution in [0.25, 0.3) is 10.2 Å². The lowest BCUT2D eigenvalue weighted by Gasteiger charge is -2.25. The number of thiophene rings is 1. The fraction of sp³-hybridized carbons (Fsp3) is 0.316. The molecule has 0 unspecified atom stereocenters. The van der Waals surface area contributed by atoms with E-state index in [2.05, 4.69) is 10.3 Å². The Morgan fingerprint density at radius 1 is 1.41 bits per heavy atom. The van der Waals surface area contributed by atoms with Gasteiger partial charge in [-0.05, 0) is 44.3 Å². The highest BCUT2D eigenvalue weighted by molar-refractivity contribution is 7.20. The van der Waals surface area contributed by atoms with Crippen molar-refractivity contribution in [1.29, 1.82) is 0 Å². The Morgan fingerprint density at radius 3 is 2.81 bits per heavy atom. The van der Waals surface area contributed by atoms with E-state index in [0.29, 0.717) is 27.2 Å². The molecule has 0 aliphatic carbocycles. The molecule has 1 aromatic carbocycles. The number of likely N-dealkylation sites (N-methyl/N-ethyl adjacent to an activating group) is 1. The molecule has 0 bridgehead atoms. The van der Waals surface area contributed by atoms with Crippen LogP contribution in [-0.4, -0.2) is 41.0 Å². The molecule has 8 heteroatoms. The van der Waals surface area contributed by atoms with Gasteiger partial charge in [-0.3, -0.25) is 9.59 Å². The van der Waals surface area contributed by atoms with Gasteiger partial charge in [-0.15, -0.1) is 11.3 Å². The van der Waals surface area contributed by atoms with E-state index in [0.717, 1.165) is 5.56 Å². The number of aromatic nitrogens is 2. The molecule has 2 heterocycles. The van der Waals surface area contributed by atoms with Crippen LogP contribution in [0.4, 0.5) is 4.39 Å². The summed E-state index contributed by atoms with van der Waals surface area (Å²) >= 11 is 1.20. The molecule has 3 rings (SSSR count). The van der Waals surface area contributed by atoms with Gasteiger partial charge in [-0.2, -0.15) is 0 Å². The van der Waals surface area contributed by atoms with Crippen LogP contribution in [0.2, 0.25) is 0 Å². The van der Waals surface area contributed by atoms with Gasteiger partial charge in [0.15, 0.2) is 0 Å². The predicted octanol–water partition coefficient (Wildman–Crippen LogP) is 2.48. The summed E-state index contributed by atoms with van der Waals surface area (Å²) in [5, 5.41) is 3.38. The van der Waals surface area contributed by atoms with E-state index in [1.807, 2.05) is 25.1 Å². The van der Waals surface area contributed by atoms with Gasteiger partial charge >= 0.3 is 0 Å². The molecular formula is C19H21FN4O2S. The van der Waals surface area contributed by atoms with E-state index in [1.54, 1.807) is 20.0 Å². The number of carbonyl (C=O) groups is 1. The summed E-state index contributed by atoms with van der Waals surface area (Å²) in [5.74, 6) is -0.575. The summed E-state index contributed by atoms with van der Waals surface area (Å²) in [6.07, 6.45) is 1.45. The first kappa shape index (κ1) is 19.2. The molecule has 3 aromatic rings. The number of carbonyl (C=O) groups excluding carboxylic acids is 1. The molecule has 0 fully saturated rings. The number of rotatable bonds is 5. The summed E-state index contributed by atoms with van der Waals surface area (Å²) in [5.41, 5.74) is 1.25. The van der Waals surface area contributed by atoms with Crippen LogP contribution >= 0.6 is 11.3 Å². The van der Waals surface area contributed by atoms with Gasteiger partial charge in [0.05, 0.1) is 22.6 Å². The van der Waals surface area contributed by atoms with Crippen LogP contribution in [0, 0.1) is 12.7 Å². The van der Waals surface area contributed by atoms with Crippen molar-refractivity contribution < 1.29 is 9.18 Å². The van der Waals surface area contributed by atoms with E-state index in [4.69, 9.17) is 0 Å². The minimum atomic E-state index is -0.312. The van der Waals surface area contributed by atoms with Crippen molar-refractivity contribution in [2.45, 2.75) is 13.0 Å². The van der Waals surface area contributed by atoms with Crippen molar-refractivity contribution >= 4 is 27.5 Å². The first-order valence-corrected chi connectivity index (χ1v) is 9.26. The number of halogens is 1. The van der Waals surface area contributed by atoms with Gasteiger partial charge in [0.25, 0.3) is 11.5 Å². The Bertz CT molecular complexity index is 1060. The van der Waals surface area contributed by atoms with Crippen LogP contribution in [0.15, 0.2) is 35.4 Å². The van der Waals surface area contributed by atoms with Crippen molar-refractivity contribution in [1.82, 2.24) is 19.8 Å². The Labute approximate surface area is 160 Å². The second-order valence-electron chi connectivity index (χ2n) is 6.64. The molecule has 2 aromatic heterocycles. The van der Waals surface area contributed by atoms with Crippen molar-refractivity contribution in [2.75, 3.05) is 20.6 Å². The Kier molecular flexibility index (Phi) is 5.38. The van der Waals surface area contributed by atoms with E-state index in [-0.39, 0.29) is 23.3 Å². The highest BCUT2D eigenvalue weighted by Gasteiger charge is 2.21. The van der Waals surface area contributed by atoms with Crippen LogP contribution in [0.3, 0.4) is 0 Å². The highest BCUT2D eigenvalue weighted by Crippen LogP contribution is 2.27. The topological polar surface area (TPSA) is 67.2 Å². The number of hydrogen-bond donors (Lipinski definition) is 1. The SMILES string of the molecule is Cc1c(C(=O)NC[C@H](c2cccc(F)c2)N(C)C)sc2ncn(C)c(=O)c12. The van der Waals surface area contributed by atoms with Crippen LogP contribution in [0.1, 0.15) is 26.8 Å². The normalized spacial score (nSPS) is 12.5. The molecule has 0 saturated heterocycles. The molecule has 27 heavy (non-hydrogen) atoms. The molecule has 0 spiro atoms. The largest absolute Gasteiger partial charge is 0.349 e. The Balaban J connectivity index is 1.85. The number of nitrogens with one attached hydrogen (secondary N) is 1. The molecule has 0 aliphatic rings. The lowest BCUT2D eigenvalue weighted by atomic mass is 10.1. The zero-order valence-corrected chi connectivity index (χ0v) is 16.4. The summed E-state index contributed by atoms with van der Waals surface area (Å²) in [7, 11) is 5.38. The summed E-state index contributed by atoms with van der Waals surface area (Å²) in [6.45, 7) is 2.07. The molecule has 0 aliphatic heterocycles. The van der Waals surface area contributed by atoms with Crippen molar-refractivity contribution in [3.63, 3.8) is 0 Å². The van der Waals surface area contributed by atoms with Gasteiger partial charge in [0.2, 0.25) is 0 Å². The fourth-order valence-corrected chi connectivity index (χ4v) is 4.06. The maximum Gasteiger partial charge on any atom is 0.262 e. The maximum absolute atomic E-state index is 13.6. The quantitative estimate of drug-likeness (QED) is 0.729. The molecule has 1 atom stereocenters. The van der Waals surface area contributed by atoms with E-state index in [1.165, 1.54) is 34.4 Å². The average Bonchev–Trinajstić information content (AvgIpc) is 2.95. The molecule has 142 valence electrons. The summed E-state index contributed by atoms with van der Waals surface area (Å²) in [6, 6.07) is 6.17. The second kappa shape index (κ2) is 7.58. The number of hydrogen-bond acceptors (Lipinski definition) is 5. The first-order valence-electron chi connectivity index (χ1n) is 8.44. The standard InChI is InChI=1S/C19H21FN4O2S/c1-11-15-18(22-10-24(4)19(15)26)27-16(11)17(25)21-9-14(23(2)3)12-6-5-7-13(20)8-12/h5-8,10,14H,9H2,1-4H3,(H,21,25)/t14-/m1/s1. The van der Waals surface area contributed by atoms with Gasteiger partial charge in [-0.1, -0.05) is 12.1 Å². The third-order valence-electron chi connectivity index (χ3n) is 4.53. The van der Waals surface area contributed by atoms with Crippen molar-refractivity contribution in [3.8, 4) is 0 Å². The molecular weight excluding hydrogens is 367 g/mol. The lowest BCUT2D eigenvalue weighted by Crippen LogP contribution is -2.34. The molecule has 1 amide bonds. The van der Waals surface area contributed by atoms with Crippen LogP contribution < -0.4 is 10.9 Å². The second-order valence-corrected chi connectivity index (χ2v) is 7.64. The average molecular weight is 388 g/mol. The van der Waals surface area contributed by atoms with Gasteiger partial charge in [0, 0.05) is 13.6 Å². The monoisotopic (exact) mass is 388 g/mol. The zero-order valence-electron chi connectivity index (χ0n) is 15.6. The van der Waals surface area contributed by atoms with Crippen molar-refractivity contribution in [3.05, 3.63) is 62.8 Å². The highest BCUT2D eigenvalue weighted by atomic mass is 32.1. The summed E-state index contributed by atoms with van der Waals surface area (Å²) < 4.78 is 15.0. The van der Waals surface area contributed by atoms with E-state index in [9.17, 15) is 14.0 Å².